The SMILES string of the molecule is CC[N+](C)(C)C1CCN(c2c(C)cc(Cl)cc2C)C1=O.[Y]. The van der Waals surface area contributed by atoms with Gasteiger partial charge in [0.15, 0.2) is 6.04 Å². The van der Waals surface area contributed by atoms with E-state index in [1.165, 1.54) is 0 Å². The largest absolute Gasteiger partial charge is 0.318 e. The summed E-state index contributed by atoms with van der Waals surface area (Å²) in [4.78, 5) is 14.7. The van der Waals surface area contributed by atoms with E-state index in [1.54, 1.807) is 0 Å². The predicted molar refractivity (Wildman–Crippen MR) is 84.3 cm³/mol. The van der Waals surface area contributed by atoms with Crippen LogP contribution in [0.15, 0.2) is 12.1 Å². The van der Waals surface area contributed by atoms with E-state index in [1.807, 2.05) is 30.9 Å². The van der Waals surface area contributed by atoms with Crippen molar-refractivity contribution in [3.8, 4) is 0 Å². The quantitative estimate of drug-likeness (QED) is 0.733. The number of amides is 1. The standard InChI is InChI=1S/C16H24ClN2O.Y/c1-6-19(4,5)14-7-8-18(16(14)20)15-11(2)9-13(17)10-12(15)3;/h9-10,14H,6-8H2,1-5H3;/q+1;. The fourth-order valence-electron chi connectivity index (χ4n) is 3.08. The molecule has 2 rings (SSSR count). The number of hydrogen-bond acceptors (Lipinski definition) is 1. The zero-order valence-corrected chi connectivity index (χ0v) is 17.2. The molecule has 1 aliphatic heterocycles. The maximum Gasteiger partial charge on any atom is 0.285 e. The second-order valence-corrected chi connectivity index (χ2v) is 6.71. The monoisotopic (exact) mass is 384 g/mol. The van der Waals surface area contributed by atoms with Crippen molar-refractivity contribution in [3.63, 3.8) is 0 Å². The van der Waals surface area contributed by atoms with Crippen LogP contribution < -0.4 is 4.90 Å². The number of nitrogens with zero attached hydrogens (tertiary/aromatic N) is 2. The molecule has 1 radical (unpaired) electrons. The summed E-state index contributed by atoms with van der Waals surface area (Å²) in [6.45, 7) is 7.94. The summed E-state index contributed by atoms with van der Waals surface area (Å²) in [7, 11) is 4.27. The first-order valence-electron chi connectivity index (χ1n) is 7.18. The number of carbonyl (C=O) groups excluding carboxylic acids is 1. The molecule has 113 valence electrons. The first kappa shape index (κ1) is 19.1. The number of aryl methyl sites for hydroxylation is 2. The number of carbonyl (C=O) groups is 1. The average molecular weight is 385 g/mol. The summed E-state index contributed by atoms with van der Waals surface area (Å²) in [5.74, 6) is 0.241. The number of likely N-dealkylation sites (N-methyl/N-ethyl adjacent to an activating group) is 1. The fraction of sp³-hybridized carbons (Fsp3) is 0.562. The number of rotatable bonds is 3. The van der Waals surface area contributed by atoms with Crippen LogP contribution in [0.2, 0.25) is 5.02 Å². The topological polar surface area (TPSA) is 20.3 Å². The summed E-state index contributed by atoms with van der Waals surface area (Å²) in [6, 6.07) is 3.93. The first-order valence-corrected chi connectivity index (χ1v) is 7.56. The Kier molecular flexibility index (Phi) is 6.44. The third-order valence-corrected chi connectivity index (χ3v) is 4.78. The van der Waals surface area contributed by atoms with Crippen LogP contribution in [0.1, 0.15) is 24.5 Å². The molecule has 3 nitrogen and oxygen atoms in total. The Hall–Kier alpha value is 0.0439. The van der Waals surface area contributed by atoms with E-state index >= 15 is 0 Å². The van der Waals surface area contributed by atoms with Gasteiger partial charge in [0.05, 0.1) is 20.6 Å². The van der Waals surface area contributed by atoms with Crippen molar-refractivity contribution in [1.29, 1.82) is 0 Å². The summed E-state index contributed by atoms with van der Waals surface area (Å²) in [5.41, 5.74) is 3.19. The zero-order chi connectivity index (χ0) is 15.1. The van der Waals surface area contributed by atoms with Crippen LogP contribution in [-0.2, 0) is 37.5 Å². The smallest absolute Gasteiger partial charge is 0.285 e. The van der Waals surface area contributed by atoms with Gasteiger partial charge in [-0.1, -0.05) is 11.6 Å². The number of benzene rings is 1. The molecular weight excluding hydrogens is 361 g/mol. The van der Waals surface area contributed by atoms with Crippen LogP contribution in [0.25, 0.3) is 0 Å². The molecule has 1 amide bonds. The van der Waals surface area contributed by atoms with Crippen molar-refractivity contribution in [1.82, 2.24) is 0 Å². The van der Waals surface area contributed by atoms with E-state index < -0.39 is 0 Å². The van der Waals surface area contributed by atoms with Gasteiger partial charge in [0, 0.05) is 56.4 Å². The van der Waals surface area contributed by atoms with Crippen LogP contribution in [0.5, 0.6) is 0 Å². The molecule has 21 heavy (non-hydrogen) atoms. The van der Waals surface area contributed by atoms with Crippen molar-refractivity contribution in [2.24, 2.45) is 0 Å². The molecule has 1 aromatic carbocycles. The van der Waals surface area contributed by atoms with E-state index in [9.17, 15) is 4.79 Å². The third kappa shape index (κ3) is 3.69. The van der Waals surface area contributed by atoms with Crippen molar-refractivity contribution in [3.05, 3.63) is 28.3 Å². The van der Waals surface area contributed by atoms with Gasteiger partial charge in [-0.25, -0.2) is 0 Å². The molecule has 1 atom stereocenters. The van der Waals surface area contributed by atoms with Gasteiger partial charge in [0.2, 0.25) is 0 Å². The molecule has 0 N–H and O–H groups in total. The third-order valence-electron chi connectivity index (χ3n) is 4.56. The average Bonchev–Trinajstić information content (AvgIpc) is 2.71. The van der Waals surface area contributed by atoms with E-state index in [4.69, 9.17) is 11.6 Å². The Balaban J connectivity index is 0.00000220. The molecule has 1 fully saturated rings. The van der Waals surface area contributed by atoms with Gasteiger partial charge in [0.25, 0.3) is 5.91 Å². The van der Waals surface area contributed by atoms with Gasteiger partial charge in [0.1, 0.15) is 0 Å². The van der Waals surface area contributed by atoms with Gasteiger partial charge in [-0.05, 0) is 44.0 Å². The zero-order valence-electron chi connectivity index (χ0n) is 13.6. The minimum absolute atomic E-state index is 0. The molecule has 1 aliphatic rings. The van der Waals surface area contributed by atoms with Gasteiger partial charge in [-0.3, -0.25) is 4.79 Å². The maximum atomic E-state index is 12.8. The van der Waals surface area contributed by atoms with Crippen molar-refractivity contribution < 1.29 is 42.0 Å². The van der Waals surface area contributed by atoms with Gasteiger partial charge >= 0.3 is 0 Å². The molecule has 0 aromatic heterocycles. The molecule has 1 aromatic rings. The van der Waals surface area contributed by atoms with Crippen molar-refractivity contribution in [2.75, 3.05) is 32.1 Å². The van der Waals surface area contributed by atoms with E-state index in [0.717, 1.165) is 45.8 Å². The molecule has 1 heterocycles. The normalized spacial score (nSPS) is 18.9. The van der Waals surface area contributed by atoms with Crippen LogP contribution in [0.3, 0.4) is 0 Å². The summed E-state index contributed by atoms with van der Waals surface area (Å²) in [5, 5.41) is 0.733. The van der Waals surface area contributed by atoms with E-state index in [2.05, 4.69) is 21.0 Å². The Morgan fingerprint density at radius 2 is 1.81 bits per heavy atom. The van der Waals surface area contributed by atoms with E-state index in [-0.39, 0.29) is 44.7 Å². The van der Waals surface area contributed by atoms with Gasteiger partial charge < -0.3 is 9.38 Å². The van der Waals surface area contributed by atoms with Crippen molar-refractivity contribution >= 4 is 23.2 Å². The summed E-state index contributed by atoms with van der Waals surface area (Å²) >= 11 is 6.08. The Bertz CT molecular complexity index is 522. The molecule has 5 heteroatoms. The fourth-order valence-corrected chi connectivity index (χ4v) is 3.41. The number of quaternary nitrogens is 1. The molecule has 0 saturated carbocycles. The van der Waals surface area contributed by atoms with Crippen molar-refractivity contribution in [2.45, 2.75) is 33.2 Å². The van der Waals surface area contributed by atoms with Crippen LogP contribution in [0, 0.1) is 13.8 Å². The molecule has 0 bridgehead atoms. The van der Waals surface area contributed by atoms with Gasteiger partial charge in [-0.15, -0.1) is 0 Å². The molecule has 1 saturated heterocycles. The summed E-state index contributed by atoms with van der Waals surface area (Å²) < 4.78 is 0.751. The number of anilines is 1. The minimum atomic E-state index is 0. The second kappa shape index (κ2) is 7.08. The Morgan fingerprint density at radius 3 is 2.29 bits per heavy atom. The Labute approximate surface area is 158 Å². The van der Waals surface area contributed by atoms with Gasteiger partial charge in [-0.2, -0.15) is 0 Å². The molecule has 0 spiro atoms. The van der Waals surface area contributed by atoms with E-state index in [0.29, 0.717) is 0 Å². The number of hydrogen-bond donors (Lipinski definition) is 0. The maximum absolute atomic E-state index is 12.8. The predicted octanol–water partition coefficient (Wildman–Crippen LogP) is 3.16. The van der Waals surface area contributed by atoms with Crippen LogP contribution in [0.4, 0.5) is 5.69 Å². The molecule has 0 aliphatic carbocycles. The van der Waals surface area contributed by atoms with Crippen LogP contribution in [-0.4, -0.2) is 43.6 Å². The minimum Gasteiger partial charge on any atom is -0.318 e. The molecular formula is C16H24ClN2OY+. The Morgan fingerprint density at radius 1 is 1.29 bits per heavy atom. The summed E-state index contributed by atoms with van der Waals surface area (Å²) in [6.07, 6.45) is 0.918. The molecule has 1 unspecified atom stereocenters. The van der Waals surface area contributed by atoms with Crippen LogP contribution >= 0.6 is 11.6 Å². The second-order valence-electron chi connectivity index (χ2n) is 6.28. The number of halogens is 1. The first-order chi connectivity index (χ1) is 9.27.